The van der Waals surface area contributed by atoms with Gasteiger partial charge in [-0.25, -0.2) is 9.18 Å². The molecule has 7 heteroatoms. The molecule has 0 saturated heterocycles. The molecule has 0 aliphatic rings. The van der Waals surface area contributed by atoms with Crippen molar-refractivity contribution in [2.75, 3.05) is 5.73 Å². The van der Waals surface area contributed by atoms with Crippen LogP contribution < -0.4 is 5.73 Å². The molecule has 0 heterocycles. The Labute approximate surface area is 119 Å². The number of nitrogens with two attached hydrogens (primary N) is 1. The molecule has 0 fully saturated rings. The van der Waals surface area contributed by atoms with Gasteiger partial charge in [0.1, 0.15) is 23.7 Å². The van der Waals surface area contributed by atoms with E-state index in [1.807, 2.05) is 0 Å². The molecule has 0 atom stereocenters. The number of esters is 1. The summed E-state index contributed by atoms with van der Waals surface area (Å²) in [4.78, 5) is 21.7. The Morgan fingerprint density at radius 1 is 1.29 bits per heavy atom. The number of nitro groups is 1. The zero-order valence-electron chi connectivity index (χ0n) is 10.8. The SMILES string of the molecule is Nc1cc(F)c(C(=O)OCc2ccccc2)cc1[N+](=O)[O-]. The van der Waals surface area contributed by atoms with Crippen molar-refractivity contribution in [1.29, 1.82) is 0 Å². The van der Waals surface area contributed by atoms with E-state index < -0.39 is 28.0 Å². The van der Waals surface area contributed by atoms with E-state index in [2.05, 4.69) is 0 Å². The van der Waals surface area contributed by atoms with Crippen molar-refractivity contribution < 1.29 is 18.8 Å². The van der Waals surface area contributed by atoms with Crippen LogP contribution in [0.25, 0.3) is 0 Å². The van der Waals surface area contributed by atoms with Gasteiger partial charge in [0.05, 0.1) is 4.92 Å². The van der Waals surface area contributed by atoms with Crippen LogP contribution in [0.3, 0.4) is 0 Å². The maximum atomic E-state index is 13.7. The number of anilines is 1. The molecule has 2 aromatic rings. The molecule has 108 valence electrons. The predicted molar refractivity (Wildman–Crippen MR) is 73.0 cm³/mol. The zero-order valence-corrected chi connectivity index (χ0v) is 10.8. The van der Waals surface area contributed by atoms with Crippen molar-refractivity contribution in [3.8, 4) is 0 Å². The molecule has 2 rings (SSSR count). The highest BCUT2D eigenvalue weighted by molar-refractivity contribution is 5.91. The standard InChI is InChI=1S/C14H11FN2O4/c15-11-7-12(16)13(17(19)20)6-10(11)14(18)21-8-9-4-2-1-3-5-9/h1-7H,8,16H2. The lowest BCUT2D eigenvalue weighted by Gasteiger charge is -2.06. The van der Waals surface area contributed by atoms with Crippen molar-refractivity contribution in [2.45, 2.75) is 6.61 Å². The summed E-state index contributed by atoms with van der Waals surface area (Å²) >= 11 is 0. The number of nitrogen functional groups attached to an aromatic ring is 1. The third kappa shape index (κ3) is 3.33. The average Bonchev–Trinajstić information content (AvgIpc) is 2.45. The number of hydrogen-bond donors (Lipinski definition) is 1. The molecule has 0 radical (unpaired) electrons. The second kappa shape index (κ2) is 6.00. The first-order valence-corrected chi connectivity index (χ1v) is 5.93. The lowest BCUT2D eigenvalue weighted by atomic mass is 10.1. The molecule has 0 aliphatic carbocycles. The third-order valence-corrected chi connectivity index (χ3v) is 2.75. The number of hydrogen-bond acceptors (Lipinski definition) is 5. The van der Waals surface area contributed by atoms with Gasteiger partial charge in [-0.3, -0.25) is 10.1 Å². The molecule has 0 bridgehead atoms. The average molecular weight is 290 g/mol. The summed E-state index contributed by atoms with van der Waals surface area (Å²) < 4.78 is 18.6. The maximum Gasteiger partial charge on any atom is 0.341 e. The Morgan fingerprint density at radius 3 is 2.57 bits per heavy atom. The molecule has 21 heavy (non-hydrogen) atoms. The van der Waals surface area contributed by atoms with Crippen molar-refractivity contribution in [1.82, 2.24) is 0 Å². The highest BCUT2D eigenvalue weighted by atomic mass is 19.1. The van der Waals surface area contributed by atoms with Crippen LogP contribution in [0.4, 0.5) is 15.8 Å². The van der Waals surface area contributed by atoms with E-state index in [9.17, 15) is 19.3 Å². The molecule has 0 spiro atoms. The Balaban J connectivity index is 2.19. The van der Waals surface area contributed by atoms with Crippen LogP contribution in [0.15, 0.2) is 42.5 Å². The van der Waals surface area contributed by atoms with Crippen LogP contribution in [0.1, 0.15) is 15.9 Å². The smallest absolute Gasteiger partial charge is 0.341 e. The van der Waals surface area contributed by atoms with E-state index in [1.54, 1.807) is 30.3 Å². The fourth-order valence-electron chi connectivity index (χ4n) is 1.69. The Hall–Kier alpha value is -2.96. The Kier molecular flexibility index (Phi) is 4.13. The van der Waals surface area contributed by atoms with Gasteiger partial charge in [-0.05, 0) is 5.56 Å². The summed E-state index contributed by atoms with van der Waals surface area (Å²) in [6.07, 6.45) is 0. The quantitative estimate of drug-likeness (QED) is 0.404. The highest BCUT2D eigenvalue weighted by Crippen LogP contribution is 2.25. The van der Waals surface area contributed by atoms with Crippen LogP contribution in [-0.2, 0) is 11.3 Å². The molecule has 6 nitrogen and oxygen atoms in total. The molecule has 0 saturated carbocycles. The second-order valence-electron chi connectivity index (χ2n) is 4.21. The van der Waals surface area contributed by atoms with E-state index in [0.29, 0.717) is 0 Å². The predicted octanol–water partition coefficient (Wildman–Crippen LogP) is 2.67. The summed E-state index contributed by atoms with van der Waals surface area (Å²) in [6, 6.07) is 10.3. The van der Waals surface area contributed by atoms with Crippen LogP contribution in [-0.4, -0.2) is 10.9 Å². The van der Waals surface area contributed by atoms with E-state index in [-0.39, 0.29) is 12.3 Å². The molecule has 0 amide bonds. The number of benzene rings is 2. The molecule has 2 aromatic carbocycles. The minimum atomic E-state index is -0.987. The van der Waals surface area contributed by atoms with Gasteiger partial charge in [0, 0.05) is 12.1 Å². The monoisotopic (exact) mass is 290 g/mol. The number of carbonyl (C=O) groups excluding carboxylic acids is 1. The molecular weight excluding hydrogens is 279 g/mol. The summed E-state index contributed by atoms with van der Waals surface area (Å²) in [5, 5.41) is 10.7. The third-order valence-electron chi connectivity index (χ3n) is 2.75. The lowest BCUT2D eigenvalue weighted by Crippen LogP contribution is -2.09. The van der Waals surface area contributed by atoms with Crippen LogP contribution in [0.5, 0.6) is 0 Å². The van der Waals surface area contributed by atoms with Gasteiger partial charge in [-0.15, -0.1) is 0 Å². The largest absolute Gasteiger partial charge is 0.457 e. The summed E-state index contributed by atoms with van der Waals surface area (Å²) in [5.41, 5.74) is 4.63. The van der Waals surface area contributed by atoms with Gasteiger partial charge in [0.25, 0.3) is 5.69 Å². The molecule has 0 aliphatic heterocycles. The number of ether oxygens (including phenoxy) is 1. The van der Waals surface area contributed by atoms with E-state index in [0.717, 1.165) is 17.7 Å². The first-order valence-electron chi connectivity index (χ1n) is 5.93. The van der Waals surface area contributed by atoms with Crippen LogP contribution in [0, 0.1) is 15.9 Å². The maximum absolute atomic E-state index is 13.7. The first kappa shape index (κ1) is 14.4. The van der Waals surface area contributed by atoms with Crippen molar-refractivity contribution in [3.05, 3.63) is 69.5 Å². The van der Waals surface area contributed by atoms with Gasteiger partial charge >= 0.3 is 5.97 Å². The summed E-state index contributed by atoms with van der Waals surface area (Å²) in [6.45, 7) is -0.0582. The van der Waals surface area contributed by atoms with Gasteiger partial charge in [0.2, 0.25) is 0 Å². The number of rotatable bonds is 4. The van der Waals surface area contributed by atoms with Gasteiger partial charge in [-0.2, -0.15) is 0 Å². The van der Waals surface area contributed by atoms with E-state index in [1.165, 1.54) is 0 Å². The van der Waals surface area contributed by atoms with E-state index >= 15 is 0 Å². The normalized spacial score (nSPS) is 10.1. The number of nitro benzene ring substituents is 1. The first-order chi connectivity index (χ1) is 9.99. The minimum absolute atomic E-state index is 0.0582. The van der Waals surface area contributed by atoms with Gasteiger partial charge < -0.3 is 10.5 Å². The fourth-order valence-corrected chi connectivity index (χ4v) is 1.69. The zero-order chi connectivity index (χ0) is 15.4. The summed E-state index contributed by atoms with van der Waals surface area (Å²) in [7, 11) is 0. The molecule has 2 N–H and O–H groups in total. The molecular formula is C14H11FN2O4. The highest BCUT2D eigenvalue weighted by Gasteiger charge is 2.21. The fraction of sp³-hybridized carbons (Fsp3) is 0.0714. The number of nitrogens with zero attached hydrogens (tertiary/aromatic N) is 1. The summed E-state index contributed by atoms with van der Waals surface area (Å²) in [5.74, 6) is -1.95. The minimum Gasteiger partial charge on any atom is -0.457 e. The van der Waals surface area contributed by atoms with E-state index in [4.69, 9.17) is 10.5 Å². The van der Waals surface area contributed by atoms with Gasteiger partial charge in [-0.1, -0.05) is 30.3 Å². The lowest BCUT2D eigenvalue weighted by molar-refractivity contribution is -0.384. The van der Waals surface area contributed by atoms with Crippen LogP contribution in [0.2, 0.25) is 0 Å². The number of halogens is 1. The van der Waals surface area contributed by atoms with Crippen molar-refractivity contribution in [2.24, 2.45) is 0 Å². The van der Waals surface area contributed by atoms with Crippen LogP contribution >= 0.6 is 0 Å². The Bertz CT molecular complexity index is 689. The molecule has 0 unspecified atom stereocenters. The van der Waals surface area contributed by atoms with Crippen molar-refractivity contribution >= 4 is 17.3 Å². The number of carbonyl (C=O) groups is 1. The molecule has 0 aromatic heterocycles. The topological polar surface area (TPSA) is 95.5 Å². The second-order valence-corrected chi connectivity index (χ2v) is 4.21. The Morgan fingerprint density at radius 2 is 1.95 bits per heavy atom. The van der Waals surface area contributed by atoms with Gasteiger partial charge in [0.15, 0.2) is 0 Å². The van der Waals surface area contributed by atoms with Crippen molar-refractivity contribution in [3.63, 3.8) is 0 Å².